The third-order valence-corrected chi connectivity index (χ3v) is 14.9. The Hall–Kier alpha value is -7.16. The van der Waals surface area contributed by atoms with E-state index in [1.165, 1.54) is 43.5 Å². The maximum Gasteiger partial charge on any atom is 1.00 e. The summed E-state index contributed by atoms with van der Waals surface area (Å²) in [6.45, 7) is 13.7. The van der Waals surface area contributed by atoms with Gasteiger partial charge in [0.1, 0.15) is 52.4 Å². The van der Waals surface area contributed by atoms with Crippen molar-refractivity contribution < 1.29 is 122 Å². The van der Waals surface area contributed by atoms with Gasteiger partial charge in [0, 0.05) is 34.6 Å². The number of aromatic nitrogens is 6. The van der Waals surface area contributed by atoms with E-state index in [9.17, 15) is 59.0 Å². The Balaban J connectivity index is 0.000000197. The molecule has 3 atom stereocenters. The number of hydrogen-bond donors (Lipinski definition) is 4. The monoisotopic (exact) mass is 1320 g/mol. The van der Waals surface area contributed by atoms with Gasteiger partial charge in [-0.15, -0.1) is 0 Å². The van der Waals surface area contributed by atoms with E-state index in [4.69, 9.17) is 33.2 Å². The molecule has 6 heterocycles. The van der Waals surface area contributed by atoms with Crippen molar-refractivity contribution in [3.8, 4) is 0 Å². The summed E-state index contributed by atoms with van der Waals surface area (Å²) >= 11 is 0. The molecule has 3 saturated heterocycles. The first-order valence-corrected chi connectivity index (χ1v) is 29.1. The topological polar surface area (TPSA) is 264 Å². The van der Waals surface area contributed by atoms with Crippen molar-refractivity contribution >= 4 is 35.3 Å². The van der Waals surface area contributed by atoms with Gasteiger partial charge >= 0.3 is 35.5 Å². The number of rotatable bonds is 22. The van der Waals surface area contributed by atoms with Crippen molar-refractivity contribution in [1.82, 2.24) is 35.2 Å². The van der Waals surface area contributed by atoms with Gasteiger partial charge in [-0.1, -0.05) is 54.6 Å². The summed E-state index contributed by atoms with van der Waals surface area (Å²) in [6, 6.07) is 9.30. The number of hydrogen-bond acceptors (Lipinski definition) is 20. The van der Waals surface area contributed by atoms with Crippen LogP contribution in [0.2, 0.25) is 0 Å². The van der Waals surface area contributed by atoms with Crippen LogP contribution in [0.15, 0.2) is 54.6 Å². The molecule has 4 fully saturated rings. The van der Waals surface area contributed by atoms with E-state index < -0.39 is 109 Å². The van der Waals surface area contributed by atoms with Gasteiger partial charge in [0.05, 0.1) is 128 Å². The molecule has 4 N–H and O–H groups in total. The predicted octanol–water partition coefficient (Wildman–Crippen LogP) is 7.46. The number of ether oxygens (including phenoxy) is 7. The molecule has 93 heavy (non-hydrogen) atoms. The molecule has 6 aromatic rings. The van der Waals surface area contributed by atoms with Crippen LogP contribution in [-0.2, 0) is 66.8 Å². The summed E-state index contributed by atoms with van der Waals surface area (Å²) in [4.78, 5) is 61.7. The fourth-order valence-electron chi connectivity index (χ4n) is 10.2. The van der Waals surface area contributed by atoms with E-state index in [-0.39, 0.29) is 99.3 Å². The summed E-state index contributed by atoms with van der Waals surface area (Å²) in [7, 11) is 1.26. The van der Waals surface area contributed by atoms with Gasteiger partial charge < -0.3 is 64.3 Å². The van der Waals surface area contributed by atoms with Crippen molar-refractivity contribution in [3.63, 3.8) is 0 Å². The van der Waals surface area contributed by atoms with Crippen molar-refractivity contribution in [2.75, 3.05) is 62.7 Å². The van der Waals surface area contributed by atoms with Crippen molar-refractivity contribution in [3.05, 3.63) is 157 Å². The number of anilines is 3. The van der Waals surface area contributed by atoms with Crippen LogP contribution < -0.4 is 55.9 Å². The zero-order valence-electron chi connectivity index (χ0n) is 52.2. The SMILES string of the molecule is COC(=O)Cc1nc(C)nc(N[C@H](C)c2cccc(C(F)F)c2F)c1C1OCCO1.Cc1nc(CC(=O)NC2(C)CC2)c(C2OCCO2)c(N[C@H](C)c2cccc(C(F)F)c2F)n1.Cc1nc(CC(=O)[O-])c(C2OCCO2)c(N[C@H](C)c2cccc(C(F)F)c2F)n1.[Na+]. The standard InChI is InChI=1S/C23H27F3N4O3.C20H22F3N3O4.C19H20F3N3O4.Na/c1-12(14-5-4-6-15(19(14)24)20(25)26)27-21-18(22-32-9-10-33-22)16(28-13(2)29-21)11-17(31)30-23(3)7-8-23;1-10(12-5-4-6-13(17(12)21)18(22)23)24-19-16(20-29-7-8-30-20)14(9-15(27)28-3)25-11(2)26-19;1-9(11-4-3-5-12(16(11)20)17(21)22)23-18-15(19-28-6-7-29-19)13(8-14(26)27)24-10(2)25-18;/h4-6,12,20,22H,7-11H2,1-3H3,(H,30,31)(H,27,28,29);4-6,10,18,20H,7-9H2,1-3H3,(H,24,25,26);3-5,9,17,19H,6-8H2,1-2H3,(H,26,27)(H,23,24,25);/q;;;+1/p-1/t12-;10-;9-;/m111./s1. The quantitative estimate of drug-likeness (QED) is 0.0292. The molecule has 10 rings (SSSR count). The maximum absolute atomic E-state index is 14.7. The number of esters is 1. The van der Waals surface area contributed by atoms with Crippen LogP contribution in [-0.4, -0.2) is 100 Å². The molecular weight excluding hydrogens is 1250 g/mol. The fraction of sp³-hybridized carbons (Fsp3) is 0.468. The summed E-state index contributed by atoms with van der Waals surface area (Å²) in [5.41, 5.74) is -0.0457. The molecule has 1 saturated carbocycles. The Kier molecular flexibility index (Phi) is 25.8. The number of halogens is 9. The predicted molar refractivity (Wildman–Crippen MR) is 308 cm³/mol. The Bertz CT molecular complexity index is 3600. The van der Waals surface area contributed by atoms with Crippen LogP contribution in [0.3, 0.4) is 0 Å². The number of alkyl halides is 6. The van der Waals surface area contributed by atoms with E-state index in [0.29, 0.717) is 79.6 Å². The van der Waals surface area contributed by atoms with Gasteiger partial charge in [0.2, 0.25) is 5.91 Å². The number of aliphatic carboxylic acids is 1. The average Bonchev–Trinajstić information content (AvgIpc) is 1.74. The molecule has 0 radical (unpaired) electrons. The summed E-state index contributed by atoms with van der Waals surface area (Å²) in [5, 5.41) is 23.2. The normalized spacial score (nSPS) is 16.4. The number of nitrogens with one attached hydrogen (secondary N) is 4. The Morgan fingerprint density at radius 3 is 1.09 bits per heavy atom. The molecule has 3 aliphatic heterocycles. The smallest absolute Gasteiger partial charge is 0.550 e. The summed E-state index contributed by atoms with van der Waals surface area (Å²) in [6.07, 6.45) is -10.1. The van der Waals surface area contributed by atoms with E-state index in [1.54, 1.807) is 41.5 Å². The second-order valence-corrected chi connectivity index (χ2v) is 22.0. The molecule has 31 heteroatoms. The van der Waals surface area contributed by atoms with E-state index in [2.05, 4.69) is 51.2 Å². The van der Waals surface area contributed by atoms with Crippen LogP contribution in [0.25, 0.3) is 0 Å². The van der Waals surface area contributed by atoms with E-state index in [0.717, 1.165) is 31.0 Å². The third-order valence-electron chi connectivity index (χ3n) is 14.9. The number of aryl methyl sites for hydroxylation is 3. The van der Waals surface area contributed by atoms with Gasteiger partial charge in [-0.25, -0.2) is 69.4 Å². The van der Waals surface area contributed by atoms with Gasteiger partial charge in [0.15, 0.2) is 18.9 Å². The molecule has 4 aliphatic rings. The van der Waals surface area contributed by atoms with Crippen molar-refractivity contribution in [2.45, 2.75) is 142 Å². The number of benzene rings is 3. The van der Waals surface area contributed by atoms with E-state index in [1.807, 2.05) is 6.92 Å². The third kappa shape index (κ3) is 18.8. The Morgan fingerprint density at radius 1 is 0.516 bits per heavy atom. The number of amides is 1. The second kappa shape index (κ2) is 32.8. The first-order chi connectivity index (χ1) is 43.8. The zero-order valence-corrected chi connectivity index (χ0v) is 54.2. The van der Waals surface area contributed by atoms with Crippen LogP contribution in [0.1, 0.15) is 181 Å². The van der Waals surface area contributed by atoms with Crippen LogP contribution in [0.4, 0.5) is 57.0 Å². The molecule has 3 aromatic heterocycles. The van der Waals surface area contributed by atoms with Crippen molar-refractivity contribution in [2.24, 2.45) is 0 Å². The minimum atomic E-state index is -2.95. The fourth-order valence-corrected chi connectivity index (χ4v) is 10.2. The number of carbonyl (C=O) groups is 3. The molecule has 0 unspecified atom stereocenters. The second-order valence-electron chi connectivity index (χ2n) is 22.0. The summed E-state index contributed by atoms with van der Waals surface area (Å²) < 4.78 is 160. The van der Waals surface area contributed by atoms with Gasteiger partial charge in [-0.05, 0) is 61.3 Å². The number of carbonyl (C=O) groups excluding carboxylic acids is 3. The Labute approximate surface area is 551 Å². The zero-order chi connectivity index (χ0) is 66.7. The summed E-state index contributed by atoms with van der Waals surface area (Å²) in [5.74, 6) is -3.24. The molecule has 0 bridgehead atoms. The van der Waals surface area contributed by atoms with Gasteiger partial charge in [-0.2, -0.15) is 0 Å². The molecule has 496 valence electrons. The molecule has 3 aromatic carbocycles. The molecule has 21 nitrogen and oxygen atoms in total. The number of methoxy groups -OCH3 is 1. The van der Waals surface area contributed by atoms with Gasteiger partial charge in [0.25, 0.3) is 19.3 Å². The van der Waals surface area contributed by atoms with Crippen LogP contribution in [0.5, 0.6) is 0 Å². The number of nitrogens with zero attached hydrogens (tertiary/aromatic N) is 6. The van der Waals surface area contributed by atoms with Crippen LogP contribution >= 0.6 is 0 Å². The van der Waals surface area contributed by atoms with Crippen LogP contribution in [0, 0.1) is 38.2 Å². The average molecular weight is 1320 g/mol. The molecular formula is C62H68F9N10NaO11. The largest absolute Gasteiger partial charge is 1.00 e. The number of carboxylic acid groups (broad SMARTS) is 1. The minimum Gasteiger partial charge on any atom is -0.550 e. The molecule has 0 spiro atoms. The molecule has 1 amide bonds. The maximum atomic E-state index is 14.7. The van der Waals surface area contributed by atoms with Crippen molar-refractivity contribution in [1.29, 1.82) is 0 Å². The Morgan fingerprint density at radius 2 is 0.806 bits per heavy atom. The number of carboxylic acids is 1. The van der Waals surface area contributed by atoms with Gasteiger partial charge in [-0.3, -0.25) is 9.59 Å². The molecule has 1 aliphatic carbocycles. The minimum absolute atomic E-state index is 0. The first-order valence-electron chi connectivity index (χ1n) is 29.1. The van der Waals surface area contributed by atoms with E-state index >= 15 is 0 Å². The first kappa shape index (κ1) is 73.3.